The van der Waals surface area contributed by atoms with Crippen LogP contribution in [0.25, 0.3) is 0 Å². The van der Waals surface area contributed by atoms with E-state index in [0.717, 1.165) is 11.3 Å². The van der Waals surface area contributed by atoms with Gasteiger partial charge in [-0.3, -0.25) is 9.59 Å². The van der Waals surface area contributed by atoms with Crippen LogP contribution in [0.4, 0.5) is 0 Å². The van der Waals surface area contributed by atoms with Crippen molar-refractivity contribution in [3.8, 4) is 5.75 Å². The van der Waals surface area contributed by atoms with Gasteiger partial charge in [0.1, 0.15) is 5.75 Å². The van der Waals surface area contributed by atoms with Crippen LogP contribution in [0.1, 0.15) is 40.1 Å². The van der Waals surface area contributed by atoms with Crippen LogP contribution in [0.3, 0.4) is 0 Å². The lowest BCUT2D eigenvalue weighted by Crippen LogP contribution is -2.30. The molecule has 2 aromatic rings. The molecule has 25 heavy (non-hydrogen) atoms. The Kier molecular flexibility index (Phi) is 6.57. The van der Waals surface area contributed by atoms with E-state index in [1.165, 1.54) is 0 Å². The summed E-state index contributed by atoms with van der Waals surface area (Å²) in [4.78, 5) is 24.1. The van der Waals surface area contributed by atoms with Gasteiger partial charge in [-0.1, -0.05) is 18.2 Å². The van der Waals surface area contributed by atoms with Gasteiger partial charge in [-0.25, -0.2) is 0 Å². The molecule has 0 aliphatic carbocycles. The van der Waals surface area contributed by atoms with Gasteiger partial charge in [0.05, 0.1) is 7.11 Å². The van der Waals surface area contributed by atoms with Gasteiger partial charge in [-0.05, 0) is 56.2 Å². The fourth-order valence-electron chi connectivity index (χ4n) is 2.44. The number of carbonyl (C=O) groups is 2. The second-order valence-electron chi connectivity index (χ2n) is 6.02. The van der Waals surface area contributed by atoms with Gasteiger partial charge >= 0.3 is 0 Å². The quantitative estimate of drug-likeness (QED) is 0.814. The second-order valence-corrected chi connectivity index (χ2v) is 6.02. The molecule has 0 fully saturated rings. The molecule has 0 unspecified atom stereocenters. The number of nitrogens with one attached hydrogen (secondary N) is 2. The van der Waals surface area contributed by atoms with Gasteiger partial charge in [-0.15, -0.1) is 0 Å². The predicted molar refractivity (Wildman–Crippen MR) is 98.1 cm³/mol. The van der Waals surface area contributed by atoms with E-state index in [-0.39, 0.29) is 17.9 Å². The minimum atomic E-state index is -0.161. The minimum Gasteiger partial charge on any atom is -0.496 e. The molecule has 5 heteroatoms. The van der Waals surface area contributed by atoms with Crippen LogP contribution in [0.5, 0.6) is 5.75 Å². The highest BCUT2D eigenvalue weighted by Crippen LogP contribution is 2.17. The lowest BCUT2D eigenvalue weighted by molar-refractivity contribution is 0.0935. The largest absolute Gasteiger partial charge is 0.496 e. The third kappa shape index (κ3) is 5.35. The average molecular weight is 340 g/mol. The first-order chi connectivity index (χ1) is 12.0. The smallest absolute Gasteiger partial charge is 0.251 e. The summed E-state index contributed by atoms with van der Waals surface area (Å²) in [5.74, 6) is 0.515. The molecule has 5 nitrogen and oxygen atoms in total. The van der Waals surface area contributed by atoms with Crippen LogP contribution < -0.4 is 15.4 Å². The van der Waals surface area contributed by atoms with E-state index >= 15 is 0 Å². The maximum absolute atomic E-state index is 12.2. The molecule has 0 atom stereocenters. The molecular formula is C20H24N2O3. The summed E-state index contributed by atoms with van der Waals surface area (Å²) in [6.07, 6.45) is 0.685. The number of rotatable bonds is 7. The summed E-state index contributed by atoms with van der Waals surface area (Å²) in [6.45, 7) is 4.32. The Morgan fingerprint density at radius 2 is 1.56 bits per heavy atom. The summed E-state index contributed by atoms with van der Waals surface area (Å²) in [5.41, 5.74) is 2.12. The minimum absolute atomic E-state index is 0.0745. The van der Waals surface area contributed by atoms with E-state index in [1.54, 1.807) is 31.4 Å². The Morgan fingerprint density at radius 1 is 0.960 bits per heavy atom. The lowest BCUT2D eigenvalue weighted by Gasteiger charge is -2.10. The molecule has 0 saturated carbocycles. The van der Waals surface area contributed by atoms with Gasteiger partial charge in [0.2, 0.25) is 0 Å². The summed E-state index contributed by atoms with van der Waals surface area (Å²) < 4.78 is 5.30. The highest BCUT2D eigenvalue weighted by molar-refractivity contribution is 5.97. The van der Waals surface area contributed by atoms with E-state index in [0.29, 0.717) is 24.1 Å². The van der Waals surface area contributed by atoms with Gasteiger partial charge in [-0.2, -0.15) is 0 Å². The van der Waals surface area contributed by atoms with Crippen molar-refractivity contribution in [1.82, 2.24) is 10.6 Å². The van der Waals surface area contributed by atoms with Crippen LogP contribution in [-0.4, -0.2) is 31.5 Å². The van der Waals surface area contributed by atoms with Crippen molar-refractivity contribution >= 4 is 11.8 Å². The SMILES string of the molecule is COc1ccccc1CCNC(=O)c1ccc(C(=O)NC(C)C)cc1. The summed E-state index contributed by atoms with van der Waals surface area (Å²) in [7, 11) is 1.63. The maximum Gasteiger partial charge on any atom is 0.251 e. The van der Waals surface area contributed by atoms with Crippen LogP contribution in [-0.2, 0) is 6.42 Å². The van der Waals surface area contributed by atoms with E-state index in [9.17, 15) is 9.59 Å². The van der Waals surface area contributed by atoms with Gasteiger partial charge in [0.25, 0.3) is 11.8 Å². The normalized spacial score (nSPS) is 10.4. The number of hydrogen-bond donors (Lipinski definition) is 2. The lowest BCUT2D eigenvalue weighted by atomic mass is 10.1. The van der Waals surface area contributed by atoms with E-state index in [2.05, 4.69) is 10.6 Å². The first kappa shape index (κ1) is 18.5. The molecule has 0 aliphatic rings. The van der Waals surface area contributed by atoms with Crippen molar-refractivity contribution in [1.29, 1.82) is 0 Å². The predicted octanol–water partition coefficient (Wildman–Crippen LogP) is 2.81. The Labute approximate surface area is 148 Å². The Morgan fingerprint density at radius 3 is 2.16 bits per heavy atom. The van der Waals surface area contributed by atoms with Crippen molar-refractivity contribution in [3.05, 3.63) is 65.2 Å². The summed E-state index contributed by atoms with van der Waals surface area (Å²) in [5, 5.41) is 5.70. The molecule has 2 rings (SSSR count). The molecule has 0 aliphatic heterocycles. The maximum atomic E-state index is 12.2. The monoisotopic (exact) mass is 340 g/mol. The van der Waals surface area contributed by atoms with Crippen molar-refractivity contribution in [2.24, 2.45) is 0 Å². The molecular weight excluding hydrogens is 316 g/mol. The Balaban J connectivity index is 1.89. The van der Waals surface area contributed by atoms with E-state index < -0.39 is 0 Å². The molecule has 2 aromatic carbocycles. The molecule has 0 bridgehead atoms. The number of benzene rings is 2. The number of ether oxygens (including phenoxy) is 1. The van der Waals surface area contributed by atoms with Gasteiger partial charge < -0.3 is 15.4 Å². The fraction of sp³-hybridized carbons (Fsp3) is 0.300. The fourth-order valence-corrected chi connectivity index (χ4v) is 2.44. The number of hydrogen-bond acceptors (Lipinski definition) is 3. The van der Waals surface area contributed by atoms with Crippen molar-refractivity contribution in [2.45, 2.75) is 26.3 Å². The van der Waals surface area contributed by atoms with Gasteiger partial charge in [0.15, 0.2) is 0 Å². The number of para-hydroxylation sites is 1. The highest BCUT2D eigenvalue weighted by Gasteiger charge is 2.10. The molecule has 0 saturated heterocycles. The number of amides is 2. The van der Waals surface area contributed by atoms with Crippen molar-refractivity contribution in [2.75, 3.05) is 13.7 Å². The first-order valence-electron chi connectivity index (χ1n) is 8.32. The molecule has 0 aromatic heterocycles. The average Bonchev–Trinajstić information content (AvgIpc) is 2.61. The third-order valence-corrected chi connectivity index (χ3v) is 3.70. The molecule has 0 radical (unpaired) electrons. The zero-order valence-electron chi connectivity index (χ0n) is 14.8. The van der Waals surface area contributed by atoms with Crippen LogP contribution in [0.2, 0.25) is 0 Å². The van der Waals surface area contributed by atoms with E-state index in [1.807, 2.05) is 38.1 Å². The second kappa shape index (κ2) is 8.87. The molecule has 0 spiro atoms. The highest BCUT2D eigenvalue weighted by atomic mass is 16.5. The van der Waals surface area contributed by atoms with Crippen LogP contribution >= 0.6 is 0 Å². The zero-order chi connectivity index (χ0) is 18.2. The number of methoxy groups -OCH3 is 1. The first-order valence-corrected chi connectivity index (χ1v) is 8.32. The van der Waals surface area contributed by atoms with Crippen molar-refractivity contribution in [3.63, 3.8) is 0 Å². The molecule has 2 N–H and O–H groups in total. The Hall–Kier alpha value is -2.82. The van der Waals surface area contributed by atoms with Crippen LogP contribution in [0, 0.1) is 0 Å². The summed E-state index contributed by atoms with van der Waals surface area (Å²) >= 11 is 0. The molecule has 0 heterocycles. The third-order valence-electron chi connectivity index (χ3n) is 3.70. The topological polar surface area (TPSA) is 67.4 Å². The Bertz CT molecular complexity index is 724. The van der Waals surface area contributed by atoms with Crippen molar-refractivity contribution < 1.29 is 14.3 Å². The van der Waals surface area contributed by atoms with E-state index in [4.69, 9.17) is 4.74 Å². The standard InChI is InChI=1S/C20H24N2O3/c1-14(2)22-20(24)17-10-8-16(9-11-17)19(23)21-13-12-15-6-4-5-7-18(15)25-3/h4-11,14H,12-13H2,1-3H3,(H,21,23)(H,22,24). The van der Waals surface area contributed by atoms with Gasteiger partial charge in [0, 0.05) is 23.7 Å². The summed E-state index contributed by atoms with van der Waals surface area (Å²) in [6, 6.07) is 14.5. The zero-order valence-corrected chi connectivity index (χ0v) is 14.8. The van der Waals surface area contributed by atoms with Crippen LogP contribution in [0.15, 0.2) is 48.5 Å². The number of carbonyl (C=O) groups excluding carboxylic acids is 2. The molecule has 132 valence electrons. The molecule has 2 amide bonds.